The van der Waals surface area contributed by atoms with Gasteiger partial charge in [-0.05, 0) is 19.4 Å². The van der Waals surface area contributed by atoms with Gasteiger partial charge in [-0.3, -0.25) is 0 Å². The Labute approximate surface area is 97.4 Å². The minimum absolute atomic E-state index is 0.198. The molecule has 1 rings (SSSR count). The Morgan fingerprint density at radius 2 is 1.94 bits per heavy atom. The minimum atomic E-state index is -0.464. The highest BCUT2D eigenvalue weighted by Gasteiger charge is 2.16. The van der Waals surface area contributed by atoms with E-state index in [1.165, 1.54) is 0 Å². The number of hydrogen-bond acceptors (Lipinski definition) is 3. The fourth-order valence-electron chi connectivity index (χ4n) is 1.38. The molecule has 1 aromatic rings. The summed E-state index contributed by atoms with van der Waals surface area (Å²) in [5.41, 5.74) is 0.737. The highest BCUT2D eigenvalue weighted by molar-refractivity contribution is 5.17. The quantitative estimate of drug-likeness (QED) is 0.772. The molecule has 0 saturated heterocycles. The van der Waals surface area contributed by atoms with Crippen LogP contribution in [0.1, 0.15) is 25.5 Å². The summed E-state index contributed by atoms with van der Waals surface area (Å²) in [7, 11) is 1.69. The minimum Gasteiger partial charge on any atom is -0.387 e. The normalized spacial score (nSPS) is 13.8. The monoisotopic (exact) mass is 223 g/mol. The van der Waals surface area contributed by atoms with Gasteiger partial charge in [-0.15, -0.1) is 0 Å². The van der Waals surface area contributed by atoms with Crippen LogP contribution in [0.5, 0.6) is 0 Å². The molecular weight excluding hydrogens is 202 g/mol. The molecule has 16 heavy (non-hydrogen) atoms. The maximum absolute atomic E-state index is 9.89. The molecule has 0 radical (unpaired) electrons. The van der Waals surface area contributed by atoms with Crippen molar-refractivity contribution in [3.05, 3.63) is 35.9 Å². The summed E-state index contributed by atoms with van der Waals surface area (Å²) in [6.07, 6.45) is -0.464. The van der Waals surface area contributed by atoms with Gasteiger partial charge < -0.3 is 15.2 Å². The number of aliphatic hydroxyl groups is 1. The predicted molar refractivity (Wildman–Crippen MR) is 65.4 cm³/mol. The first-order valence-electron chi connectivity index (χ1n) is 5.54. The van der Waals surface area contributed by atoms with Crippen molar-refractivity contribution < 1.29 is 9.84 Å². The van der Waals surface area contributed by atoms with Crippen LogP contribution in [0.15, 0.2) is 30.3 Å². The van der Waals surface area contributed by atoms with Crippen molar-refractivity contribution in [2.45, 2.75) is 25.6 Å². The van der Waals surface area contributed by atoms with Gasteiger partial charge in [0.05, 0.1) is 11.7 Å². The van der Waals surface area contributed by atoms with Crippen LogP contribution in [0.3, 0.4) is 0 Å². The molecule has 1 aromatic carbocycles. The first kappa shape index (κ1) is 13.2. The number of aliphatic hydroxyl groups excluding tert-OH is 1. The zero-order chi connectivity index (χ0) is 12.0. The van der Waals surface area contributed by atoms with Crippen molar-refractivity contribution >= 4 is 0 Å². The van der Waals surface area contributed by atoms with Crippen molar-refractivity contribution in [2.24, 2.45) is 0 Å². The standard InChI is InChI=1S/C13H21NO2/c1-13(2,16-3)10-14-9-12(15)11-7-5-4-6-8-11/h4-8,12,14-15H,9-10H2,1-3H3. The van der Waals surface area contributed by atoms with E-state index in [9.17, 15) is 5.11 Å². The summed E-state index contributed by atoms with van der Waals surface area (Å²) in [5.74, 6) is 0. The Kier molecular flexibility index (Phi) is 4.93. The number of nitrogens with one attached hydrogen (secondary N) is 1. The third-order valence-electron chi connectivity index (χ3n) is 2.63. The van der Waals surface area contributed by atoms with E-state index in [1.807, 2.05) is 44.2 Å². The summed E-state index contributed by atoms with van der Waals surface area (Å²) >= 11 is 0. The van der Waals surface area contributed by atoms with E-state index in [1.54, 1.807) is 7.11 Å². The van der Waals surface area contributed by atoms with E-state index in [0.29, 0.717) is 13.1 Å². The van der Waals surface area contributed by atoms with E-state index in [4.69, 9.17) is 4.74 Å². The third kappa shape index (κ3) is 4.31. The van der Waals surface area contributed by atoms with Crippen LogP contribution in [0.2, 0.25) is 0 Å². The summed E-state index contributed by atoms with van der Waals surface area (Å²) in [4.78, 5) is 0. The second kappa shape index (κ2) is 5.99. The topological polar surface area (TPSA) is 41.5 Å². The van der Waals surface area contributed by atoms with Gasteiger partial charge in [-0.25, -0.2) is 0 Å². The number of rotatable bonds is 6. The molecule has 0 heterocycles. The van der Waals surface area contributed by atoms with Crippen molar-refractivity contribution in [2.75, 3.05) is 20.2 Å². The summed E-state index contributed by atoms with van der Waals surface area (Å²) in [5, 5.41) is 13.1. The van der Waals surface area contributed by atoms with Gasteiger partial charge in [0.25, 0.3) is 0 Å². The first-order chi connectivity index (χ1) is 7.55. The zero-order valence-electron chi connectivity index (χ0n) is 10.2. The highest BCUT2D eigenvalue weighted by atomic mass is 16.5. The lowest BCUT2D eigenvalue weighted by atomic mass is 10.1. The fraction of sp³-hybridized carbons (Fsp3) is 0.538. The summed E-state index contributed by atoms with van der Waals surface area (Å²) in [6.45, 7) is 5.27. The molecule has 2 N–H and O–H groups in total. The van der Waals surface area contributed by atoms with Crippen LogP contribution in [0.25, 0.3) is 0 Å². The van der Waals surface area contributed by atoms with E-state index in [2.05, 4.69) is 5.32 Å². The molecule has 90 valence electrons. The summed E-state index contributed by atoms with van der Waals surface area (Å²) < 4.78 is 5.28. The predicted octanol–water partition coefficient (Wildman–Crippen LogP) is 1.73. The van der Waals surface area contributed by atoms with Gasteiger partial charge in [0, 0.05) is 20.2 Å². The molecule has 0 aromatic heterocycles. The SMILES string of the molecule is COC(C)(C)CNCC(O)c1ccccc1. The highest BCUT2D eigenvalue weighted by Crippen LogP contribution is 2.11. The largest absolute Gasteiger partial charge is 0.387 e. The number of hydrogen-bond donors (Lipinski definition) is 2. The number of benzene rings is 1. The molecule has 0 aliphatic carbocycles. The van der Waals surface area contributed by atoms with Gasteiger partial charge in [0.15, 0.2) is 0 Å². The van der Waals surface area contributed by atoms with Crippen LogP contribution in [0.4, 0.5) is 0 Å². The molecular formula is C13H21NO2. The molecule has 1 unspecified atom stereocenters. The number of ether oxygens (including phenoxy) is 1. The van der Waals surface area contributed by atoms with E-state index in [-0.39, 0.29) is 5.60 Å². The smallest absolute Gasteiger partial charge is 0.0914 e. The Bertz CT molecular complexity index is 298. The molecule has 1 atom stereocenters. The van der Waals surface area contributed by atoms with Crippen molar-refractivity contribution in [1.29, 1.82) is 0 Å². The average molecular weight is 223 g/mol. The van der Waals surface area contributed by atoms with Gasteiger partial charge in [-0.1, -0.05) is 30.3 Å². The van der Waals surface area contributed by atoms with Crippen LogP contribution in [0, 0.1) is 0 Å². The van der Waals surface area contributed by atoms with Gasteiger partial charge >= 0.3 is 0 Å². The van der Waals surface area contributed by atoms with E-state index < -0.39 is 6.10 Å². The van der Waals surface area contributed by atoms with E-state index >= 15 is 0 Å². The van der Waals surface area contributed by atoms with Crippen molar-refractivity contribution in [3.8, 4) is 0 Å². The molecule has 0 fully saturated rings. The fourth-order valence-corrected chi connectivity index (χ4v) is 1.38. The molecule has 0 aliphatic heterocycles. The van der Waals surface area contributed by atoms with Crippen molar-refractivity contribution in [1.82, 2.24) is 5.32 Å². The lowest BCUT2D eigenvalue weighted by molar-refractivity contribution is 0.0207. The molecule has 0 amide bonds. The third-order valence-corrected chi connectivity index (χ3v) is 2.63. The zero-order valence-corrected chi connectivity index (χ0v) is 10.2. The van der Waals surface area contributed by atoms with Crippen molar-refractivity contribution in [3.63, 3.8) is 0 Å². The van der Waals surface area contributed by atoms with Crippen LogP contribution in [-0.4, -0.2) is 30.9 Å². The Morgan fingerprint density at radius 3 is 2.50 bits per heavy atom. The molecule has 0 saturated carbocycles. The first-order valence-corrected chi connectivity index (χ1v) is 5.54. The molecule has 0 aliphatic rings. The Balaban J connectivity index is 2.34. The average Bonchev–Trinajstić information content (AvgIpc) is 2.30. The maximum atomic E-state index is 9.89. The Morgan fingerprint density at radius 1 is 1.31 bits per heavy atom. The van der Waals surface area contributed by atoms with Crippen LogP contribution < -0.4 is 5.32 Å². The maximum Gasteiger partial charge on any atom is 0.0914 e. The van der Waals surface area contributed by atoms with E-state index in [0.717, 1.165) is 5.56 Å². The van der Waals surface area contributed by atoms with Gasteiger partial charge in [-0.2, -0.15) is 0 Å². The van der Waals surface area contributed by atoms with Crippen LogP contribution in [-0.2, 0) is 4.74 Å². The second-order valence-corrected chi connectivity index (χ2v) is 4.52. The summed E-state index contributed by atoms with van der Waals surface area (Å²) in [6, 6.07) is 9.65. The molecule has 0 bridgehead atoms. The molecule has 3 nitrogen and oxygen atoms in total. The van der Waals surface area contributed by atoms with Gasteiger partial charge in [0.2, 0.25) is 0 Å². The lowest BCUT2D eigenvalue weighted by Crippen LogP contribution is -2.38. The Hall–Kier alpha value is -0.900. The lowest BCUT2D eigenvalue weighted by Gasteiger charge is -2.24. The number of methoxy groups -OCH3 is 1. The van der Waals surface area contributed by atoms with Gasteiger partial charge in [0.1, 0.15) is 0 Å². The molecule has 0 spiro atoms. The molecule has 3 heteroatoms. The second-order valence-electron chi connectivity index (χ2n) is 4.52. The van der Waals surface area contributed by atoms with Crippen LogP contribution >= 0.6 is 0 Å².